The smallest absolute Gasteiger partial charge is 0.317 e. The van der Waals surface area contributed by atoms with E-state index >= 15 is 0 Å². The largest absolute Gasteiger partial charge is 0.481 e. The number of aliphatic carboxylic acids is 2. The molecule has 1 heterocycles. The molecule has 1 aromatic rings. The first-order chi connectivity index (χ1) is 10.5. The third kappa shape index (κ3) is 4.29. The van der Waals surface area contributed by atoms with Gasteiger partial charge in [-0.15, -0.1) is 11.8 Å². The maximum absolute atomic E-state index is 11.8. The minimum absolute atomic E-state index is 0.123. The number of hydrogen-bond donors (Lipinski definition) is 3. The SMILES string of the molecule is O=C(O)C[C@H](SCC(=O)Nc1ccc2c(c1)OCO2)C(=O)O. The first kappa shape index (κ1) is 16.0. The molecule has 3 N–H and O–H groups in total. The Hall–Kier alpha value is -2.42. The molecule has 22 heavy (non-hydrogen) atoms. The molecule has 1 aliphatic rings. The van der Waals surface area contributed by atoms with E-state index in [1.54, 1.807) is 18.2 Å². The van der Waals surface area contributed by atoms with Crippen LogP contribution in [0.3, 0.4) is 0 Å². The Kier molecular flexibility index (Phi) is 5.10. The average molecular weight is 327 g/mol. The van der Waals surface area contributed by atoms with Gasteiger partial charge in [0, 0.05) is 11.8 Å². The second-order valence-electron chi connectivity index (χ2n) is 4.35. The van der Waals surface area contributed by atoms with Crippen molar-refractivity contribution >= 4 is 35.3 Å². The maximum Gasteiger partial charge on any atom is 0.317 e. The summed E-state index contributed by atoms with van der Waals surface area (Å²) in [7, 11) is 0. The molecule has 0 aliphatic carbocycles. The molecule has 1 aliphatic heterocycles. The number of carbonyl (C=O) groups excluding carboxylic acids is 1. The van der Waals surface area contributed by atoms with Crippen molar-refractivity contribution < 1.29 is 34.1 Å². The monoisotopic (exact) mass is 327 g/mol. The minimum Gasteiger partial charge on any atom is -0.481 e. The second-order valence-corrected chi connectivity index (χ2v) is 5.54. The lowest BCUT2D eigenvalue weighted by Gasteiger charge is -2.10. The van der Waals surface area contributed by atoms with E-state index in [-0.39, 0.29) is 12.5 Å². The van der Waals surface area contributed by atoms with Crippen LogP contribution in [-0.4, -0.2) is 45.9 Å². The van der Waals surface area contributed by atoms with Crippen LogP contribution < -0.4 is 14.8 Å². The summed E-state index contributed by atoms with van der Waals surface area (Å²) in [4.78, 5) is 33.2. The van der Waals surface area contributed by atoms with Crippen molar-refractivity contribution in [3.63, 3.8) is 0 Å². The van der Waals surface area contributed by atoms with Crippen molar-refractivity contribution in [2.24, 2.45) is 0 Å². The minimum atomic E-state index is -1.26. The van der Waals surface area contributed by atoms with Crippen molar-refractivity contribution in [2.75, 3.05) is 17.9 Å². The van der Waals surface area contributed by atoms with E-state index in [1.165, 1.54) is 0 Å². The first-order valence-electron chi connectivity index (χ1n) is 6.21. The molecule has 0 saturated heterocycles. The van der Waals surface area contributed by atoms with Crippen molar-refractivity contribution in [1.82, 2.24) is 0 Å². The molecule has 2 rings (SSSR count). The zero-order valence-electron chi connectivity index (χ0n) is 11.3. The number of ether oxygens (including phenoxy) is 2. The molecule has 1 amide bonds. The summed E-state index contributed by atoms with van der Waals surface area (Å²) in [6, 6.07) is 4.87. The van der Waals surface area contributed by atoms with E-state index < -0.39 is 29.5 Å². The number of hydrogen-bond acceptors (Lipinski definition) is 6. The van der Waals surface area contributed by atoms with E-state index in [9.17, 15) is 14.4 Å². The highest BCUT2D eigenvalue weighted by atomic mass is 32.2. The molecular formula is C13H13NO7S. The molecule has 0 saturated carbocycles. The topological polar surface area (TPSA) is 122 Å². The number of carboxylic acid groups (broad SMARTS) is 2. The van der Waals surface area contributed by atoms with Crippen molar-refractivity contribution in [3.8, 4) is 11.5 Å². The summed E-state index contributed by atoms with van der Waals surface area (Å²) in [5.41, 5.74) is 0.486. The van der Waals surface area contributed by atoms with Crippen LogP contribution in [0.25, 0.3) is 0 Å². The maximum atomic E-state index is 11.8. The van der Waals surface area contributed by atoms with Crippen LogP contribution in [0.4, 0.5) is 5.69 Å². The van der Waals surface area contributed by atoms with Gasteiger partial charge in [0.1, 0.15) is 5.25 Å². The number of nitrogens with one attached hydrogen (secondary N) is 1. The first-order valence-corrected chi connectivity index (χ1v) is 7.26. The highest BCUT2D eigenvalue weighted by molar-refractivity contribution is 8.01. The Labute approximate surface area is 129 Å². The van der Waals surface area contributed by atoms with Crippen LogP contribution in [0.2, 0.25) is 0 Å². The fourth-order valence-electron chi connectivity index (χ4n) is 1.72. The predicted octanol–water partition coefficient (Wildman–Crippen LogP) is 1.01. The van der Waals surface area contributed by atoms with Gasteiger partial charge in [-0.1, -0.05) is 0 Å². The van der Waals surface area contributed by atoms with Crippen LogP contribution in [0.5, 0.6) is 11.5 Å². The molecule has 0 bridgehead atoms. The third-order valence-corrected chi connectivity index (χ3v) is 3.91. The summed E-state index contributed by atoms with van der Waals surface area (Å²) in [5.74, 6) is -1.99. The predicted molar refractivity (Wildman–Crippen MR) is 77.3 cm³/mol. The van der Waals surface area contributed by atoms with Crippen LogP contribution in [-0.2, 0) is 14.4 Å². The lowest BCUT2D eigenvalue weighted by molar-refractivity contribution is -0.142. The van der Waals surface area contributed by atoms with E-state index in [1.807, 2.05) is 0 Å². The van der Waals surface area contributed by atoms with Crippen LogP contribution in [0.15, 0.2) is 18.2 Å². The lowest BCUT2D eigenvalue weighted by atomic mass is 10.3. The average Bonchev–Trinajstić information content (AvgIpc) is 2.90. The summed E-state index contributed by atoms with van der Waals surface area (Å²) in [5, 5.41) is 18.9. The molecular weight excluding hydrogens is 314 g/mol. The van der Waals surface area contributed by atoms with Gasteiger partial charge in [0.05, 0.1) is 12.2 Å². The third-order valence-electron chi connectivity index (χ3n) is 2.71. The number of carbonyl (C=O) groups is 3. The van der Waals surface area contributed by atoms with Crippen molar-refractivity contribution in [3.05, 3.63) is 18.2 Å². The Morgan fingerprint density at radius 1 is 1.23 bits per heavy atom. The molecule has 0 spiro atoms. The number of fused-ring (bicyclic) bond motifs is 1. The standard InChI is InChI=1S/C13H13NO7S/c15-11(5-22-10(13(18)19)4-12(16)17)14-7-1-2-8-9(3-7)21-6-20-8/h1-3,10H,4-6H2,(H,14,15)(H,16,17)(H,18,19)/t10-/m0/s1. The molecule has 0 aromatic heterocycles. The molecule has 0 fully saturated rings. The number of amides is 1. The van der Waals surface area contributed by atoms with Crippen LogP contribution in [0.1, 0.15) is 6.42 Å². The van der Waals surface area contributed by atoms with Gasteiger partial charge in [0.15, 0.2) is 11.5 Å². The van der Waals surface area contributed by atoms with E-state index in [0.29, 0.717) is 17.2 Å². The zero-order chi connectivity index (χ0) is 16.1. The zero-order valence-corrected chi connectivity index (χ0v) is 12.1. The van der Waals surface area contributed by atoms with Crippen molar-refractivity contribution in [1.29, 1.82) is 0 Å². The summed E-state index contributed by atoms with van der Waals surface area (Å²) >= 11 is 0.762. The summed E-state index contributed by atoms with van der Waals surface area (Å²) in [6.45, 7) is 0.123. The fourth-order valence-corrected chi connectivity index (χ4v) is 2.55. The van der Waals surface area contributed by atoms with Gasteiger partial charge in [0.25, 0.3) is 0 Å². The van der Waals surface area contributed by atoms with Gasteiger partial charge in [-0.2, -0.15) is 0 Å². The quantitative estimate of drug-likeness (QED) is 0.678. The Bertz CT molecular complexity index is 604. The van der Waals surface area contributed by atoms with Gasteiger partial charge in [-0.25, -0.2) is 0 Å². The fraction of sp³-hybridized carbons (Fsp3) is 0.308. The number of anilines is 1. The summed E-state index contributed by atoms with van der Waals surface area (Å²) in [6.07, 6.45) is -0.544. The normalized spacial score (nSPS) is 13.5. The molecule has 8 nitrogen and oxygen atoms in total. The molecule has 1 atom stereocenters. The Morgan fingerprint density at radius 2 is 1.95 bits per heavy atom. The van der Waals surface area contributed by atoms with Crippen molar-refractivity contribution in [2.45, 2.75) is 11.7 Å². The highest BCUT2D eigenvalue weighted by Crippen LogP contribution is 2.34. The molecule has 0 unspecified atom stereocenters. The van der Waals surface area contributed by atoms with Gasteiger partial charge in [-0.3, -0.25) is 14.4 Å². The number of carboxylic acids is 2. The second kappa shape index (κ2) is 7.03. The van der Waals surface area contributed by atoms with E-state index in [4.69, 9.17) is 19.7 Å². The van der Waals surface area contributed by atoms with Gasteiger partial charge in [-0.05, 0) is 12.1 Å². The highest BCUT2D eigenvalue weighted by Gasteiger charge is 2.22. The Balaban J connectivity index is 1.87. The molecule has 118 valence electrons. The molecule has 9 heteroatoms. The number of benzene rings is 1. The van der Waals surface area contributed by atoms with E-state index in [2.05, 4.69) is 5.32 Å². The number of thioether (sulfide) groups is 1. The lowest BCUT2D eigenvalue weighted by Crippen LogP contribution is -2.23. The van der Waals surface area contributed by atoms with Gasteiger partial charge < -0.3 is 25.0 Å². The van der Waals surface area contributed by atoms with Gasteiger partial charge in [0.2, 0.25) is 12.7 Å². The van der Waals surface area contributed by atoms with Crippen LogP contribution >= 0.6 is 11.8 Å². The van der Waals surface area contributed by atoms with E-state index in [0.717, 1.165) is 11.8 Å². The Morgan fingerprint density at radius 3 is 2.64 bits per heavy atom. The molecule has 1 aromatic carbocycles. The van der Waals surface area contributed by atoms with Crippen LogP contribution in [0, 0.1) is 0 Å². The molecule has 0 radical (unpaired) electrons. The summed E-state index contributed by atoms with van der Waals surface area (Å²) < 4.78 is 10.3. The number of rotatable bonds is 7. The van der Waals surface area contributed by atoms with Gasteiger partial charge >= 0.3 is 11.9 Å².